The summed E-state index contributed by atoms with van der Waals surface area (Å²) in [6, 6.07) is 23.5. The first-order valence-corrected chi connectivity index (χ1v) is 15.9. The van der Waals surface area contributed by atoms with Crippen molar-refractivity contribution in [1.29, 1.82) is 0 Å². The van der Waals surface area contributed by atoms with Gasteiger partial charge in [-0.25, -0.2) is 4.99 Å². The summed E-state index contributed by atoms with van der Waals surface area (Å²) >= 11 is 1.71. The molecule has 0 aliphatic heterocycles. The number of nitrogens with zero attached hydrogens (tertiary/aromatic N) is 2. The first-order chi connectivity index (χ1) is 20.4. The molecule has 0 saturated heterocycles. The summed E-state index contributed by atoms with van der Waals surface area (Å²) in [5.41, 5.74) is 11.1. The molecule has 1 amide bonds. The number of anilines is 1. The Labute approximate surface area is 253 Å². The maximum absolute atomic E-state index is 14.0. The van der Waals surface area contributed by atoms with Gasteiger partial charge in [0.1, 0.15) is 5.00 Å². The largest absolute Gasteiger partial charge is 0.340 e. The Balaban J connectivity index is 1.42. The van der Waals surface area contributed by atoms with E-state index in [1.807, 2.05) is 13.1 Å². The van der Waals surface area contributed by atoms with Crippen LogP contribution in [0, 0.1) is 27.7 Å². The van der Waals surface area contributed by atoms with Crippen LogP contribution in [0.4, 0.5) is 10.7 Å². The van der Waals surface area contributed by atoms with E-state index >= 15 is 0 Å². The van der Waals surface area contributed by atoms with Crippen molar-refractivity contribution in [2.24, 2.45) is 4.99 Å². The molecule has 6 rings (SSSR count). The van der Waals surface area contributed by atoms with Crippen molar-refractivity contribution in [2.45, 2.75) is 72.8 Å². The molecule has 0 atom stereocenters. The number of rotatable bonds is 6. The number of hydrogen-bond donors (Lipinski definition) is 1. The lowest BCUT2D eigenvalue weighted by molar-refractivity contribution is 0.102. The van der Waals surface area contributed by atoms with Crippen molar-refractivity contribution in [1.82, 2.24) is 4.57 Å². The van der Waals surface area contributed by atoms with Gasteiger partial charge in [0, 0.05) is 45.5 Å². The van der Waals surface area contributed by atoms with E-state index in [1.165, 1.54) is 57.4 Å². The van der Waals surface area contributed by atoms with Crippen molar-refractivity contribution >= 4 is 45.0 Å². The number of aromatic nitrogens is 1. The molecule has 3 aromatic carbocycles. The normalized spacial score (nSPS) is 13.7. The number of nitrogens with one attached hydrogen (secondary N) is 1. The smallest absolute Gasteiger partial charge is 0.259 e. The zero-order chi connectivity index (χ0) is 29.2. The van der Waals surface area contributed by atoms with Gasteiger partial charge in [0.2, 0.25) is 0 Å². The lowest BCUT2D eigenvalue weighted by Gasteiger charge is -2.13. The second kappa shape index (κ2) is 12.1. The van der Waals surface area contributed by atoms with E-state index in [0.29, 0.717) is 0 Å². The molecule has 5 heteroatoms. The molecule has 5 aromatic rings. The first-order valence-electron chi connectivity index (χ1n) is 15.1. The number of carbonyl (C=O) groups is 1. The first kappa shape index (κ1) is 28.2. The summed E-state index contributed by atoms with van der Waals surface area (Å²) in [6.07, 6.45) is 8.70. The van der Waals surface area contributed by atoms with Crippen LogP contribution in [0.1, 0.15) is 80.0 Å². The molecule has 0 unspecified atom stereocenters. The minimum absolute atomic E-state index is 0.0486. The molecule has 214 valence electrons. The Bertz CT molecular complexity index is 1810. The topological polar surface area (TPSA) is 46.4 Å². The number of aryl methyl sites for hydroxylation is 4. The van der Waals surface area contributed by atoms with Crippen LogP contribution in [-0.2, 0) is 19.4 Å². The third-order valence-corrected chi connectivity index (χ3v) is 9.73. The van der Waals surface area contributed by atoms with Gasteiger partial charge in [0.25, 0.3) is 5.91 Å². The molecule has 4 nitrogen and oxygen atoms in total. The Morgan fingerprint density at radius 2 is 1.69 bits per heavy atom. The van der Waals surface area contributed by atoms with Crippen molar-refractivity contribution in [3.05, 3.63) is 116 Å². The van der Waals surface area contributed by atoms with Crippen LogP contribution >= 0.6 is 11.3 Å². The van der Waals surface area contributed by atoms with Gasteiger partial charge in [-0.15, -0.1) is 11.3 Å². The molecule has 42 heavy (non-hydrogen) atoms. The van der Waals surface area contributed by atoms with Crippen LogP contribution in [0.5, 0.6) is 0 Å². The number of benzene rings is 3. The molecule has 1 aliphatic carbocycles. The highest BCUT2D eigenvalue weighted by Crippen LogP contribution is 2.40. The molecule has 1 N–H and O–H groups in total. The van der Waals surface area contributed by atoms with E-state index in [0.717, 1.165) is 58.7 Å². The molecule has 1 aliphatic rings. The maximum atomic E-state index is 14.0. The minimum atomic E-state index is -0.0486. The molecular weight excluding hydrogens is 534 g/mol. The van der Waals surface area contributed by atoms with Gasteiger partial charge in [-0.2, -0.15) is 0 Å². The molecule has 0 bridgehead atoms. The predicted octanol–water partition coefficient (Wildman–Crippen LogP) is 9.65. The average Bonchev–Trinajstić information content (AvgIpc) is 3.43. The maximum Gasteiger partial charge on any atom is 0.259 e. The Morgan fingerprint density at radius 3 is 2.52 bits per heavy atom. The number of thiophene rings is 1. The lowest BCUT2D eigenvalue weighted by atomic mass is 9.96. The molecule has 2 aromatic heterocycles. The van der Waals surface area contributed by atoms with E-state index in [9.17, 15) is 4.79 Å². The number of fused-ring (bicyclic) bond motifs is 2. The standard InChI is InChI=1S/C37H39N3OS/c1-24-12-11-13-28(20-24)23-40-27(4)31(29-14-9-10-16-33(29)40)22-38-37-35(30-15-7-5-6-8-17-34(30)42-37)36(41)39-32-21-25(2)18-19-26(32)3/h9-14,16,18-22H,5-8,15,17,23H2,1-4H3,(H,39,41). The summed E-state index contributed by atoms with van der Waals surface area (Å²) in [5.74, 6) is -0.0486. The highest BCUT2D eigenvalue weighted by molar-refractivity contribution is 7.16. The molecule has 2 heterocycles. The predicted molar refractivity (Wildman–Crippen MR) is 178 cm³/mol. The summed E-state index contributed by atoms with van der Waals surface area (Å²) in [6.45, 7) is 9.23. The monoisotopic (exact) mass is 573 g/mol. The molecule has 0 saturated carbocycles. The molecule has 0 fully saturated rings. The summed E-state index contributed by atoms with van der Waals surface area (Å²) in [5, 5.41) is 5.25. The summed E-state index contributed by atoms with van der Waals surface area (Å²) in [7, 11) is 0. The van der Waals surface area contributed by atoms with E-state index < -0.39 is 0 Å². The van der Waals surface area contributed by atoms with Crippen LogP contribution in [-0.4, -0.2) is 16.7 Å². The van der Waals surface area contributed by atoms with Crippen LogP contribution in [0.3, 0.4) is 0 Å². The minimum Gasteiger partial charge on any atom is -0.340 e. The fraction of sp³-hybridized carbons (Fsp3) is 0.297. The third kappa shape index (κ3) is 5.71. The fourth-order valence-corrected chi connectivity index (χ4v) is 7.46. The Kier molecular flexibility index (Phi) is 8.12. The number of amides is 1. The Morgan fingerprint density at radius 1 is 0.905 bits per heavy atom. The van der Waals surface area contributed by atoms with Gasteiger partial charge < -0.3 is 9.88 Å². The molecule has 0 radical (unpaired) electrons. The van der Waals surface area contributed by atoms with E-state index in [2.05, 4.69) is 97.4 Å². The van der Waals surface area contributed by atoms with Gasteiger partial charge in [0.05, 0.1) is 5.56 Å². The van der Waals surface area contributed by atoms with Crippen LogP contribution < -0.4 is 5.32 Å². The van der Waals surface area contributed by atoms with Gasteiger partial charge in [-0.1, -0.05) is 73.0 Å². The number of hydrogen-bond acceptors (Lipinski definition) is 3. The number of aliphatic imine (C=N–C) groups is 1. The van der Waals surface area contributed by atoms with Crippen molar-refractivity contribution < 1.29 is 4.79 Å². The highest BCUT2D eigenvalue weighted by atomic mass is 32.1. The molecular formula is C37H39N3OS. The van der Waals surface area contributed by atoms with Gasteiger partial charge in [0.15, 0.2) is 0 Å². The Hall–Kier alpha value is -3.96. The van der Waals surface area contributed by atoms with E-state index in [1.54, 1.807) is 11.3 Å². The zero-order valence-corrected chi connectivity index (χ0v) is 25.9. The average molecular weight is 574 g/mol. The van der Waals surface area contributed by atoms with Crippen LogP contribution in [0.25, 0.3) is 10.9 Å². The zero-order valence-electron chi connectivity index (χ0n) is 25.1. The van der Waals surface area contributed by atoms with Gasteiger partial charge in [-0.3, -0.25) is 4.79 Å². The quantitative estimate of drug-likeness (QED) is 0.202. The van der Waals surface area contributed by atoms with Crippen LogP contribution in [0.15, 0.2) is 71.7 Å². The van der Waals surface area contributed by atoms with Gasteiger partial charge >= 0.3 is 0 Å². The SMILES string of the molecule is Cc1cccc(Cn2c(C)c(C=Nc3sc4c(c3C(=O)Nc3cc(C)ccc3C)CCCCCC4)c3ccccc32)c1. The van der Waals surface area contributed by atoms with Crippen molar-refractivity contribution in [3.8, 4) is 0 Å². The second-order valence-corrected chi connectivity index (χ2v) is 12.8. The summed E-state index contributed by atoms with van der Waals surface area (Å²) in [4.78, 5) is 20.4. The fourth-order valence-electron chi connectivity index (χ4n) is 6.23. The van der Waals surface area contributed by atoms with E-state index in [4.69, 9.17) is 4.99 Å². The number of para-hydroxylation sites is 1. The van der Waals surface area contributed by atoms with Crippen LogP contribution in [0.2, 0.25) is 0 Å². The third-order valence-electron chi connectivity index (χ3n) is 8.53. The van der Waals surface area contributed by atoms with E-state index in [-0.39, 0.29) is 5.91 Å². The molecule has 0 spiro atoms. The highest BCUT2D eigenvalue weighted by Gasteiger charge is 2.25. The van der Waals surface area contributed by atoms with Crippen molar-refractivity contribution in [2.75, 3.05) is 5.32 Å². The lowest BCUT2D eigenvalue weighted by Crippen LogP contribution is -2.15. The van der Waals surface area contributed by atoms with Crippen molar-refractivity contribution in [3.63, 3.8) is 0 Å². The second-order valence-electron chi connectivity index (χ2n) is 11.7. The number of carbonyl (C=O) groups excluding carboxylic acids is 1. The van der Waals surface area contributed by atoms with Gasteiger partial charge in [-0.05, 0) is 87.8 Å². The summed E-state index contributed by atoms with van der Waals surface area (Å²) < 4.78 is 2.38.